The number of carbonyl (C=O) groups excluding carboxylic acids is 1. The molecule has 6 heteroatoms. The average Bonchev–Trinajstić information content (AvgIpc) is 2.67. The number of nitrogens with zero attached hydrogens (tertiary/aromatic N) is 1. The number of thioether (sulfide) groups is 1. The van der Waals surface area contributed by atoms with Crippen LogP contribution in [-0.2, 0) is 5.75 Å². The van der Waals surface area contributed by atoms with Gasteiger partial charge in [-0.25, -0.2) is 0 Å². The summed E-state index contributed by atoms with van der Waals surface area (Å²) in [4.78, 5) is 15.8. The third-order valence-electron chi connectivity index (χ3n) is 4.99. The third kappa shape index (κ3) is 6.15. The molecule has 2 aromatic carbocycles. The molecule has 1 fully saturated rings. The molecule has 0 spiro atoms. The van der Waals surface area contributed by atoms with E-state index in [1.807, 2.05) is 53.4 Å². The lowest BCUT2D eigenvalue weighted by atomic mass is 9.90. The summed E-state index contributed by atoms with van der Waals surface area (Å²) in [5.41, 5.74) is 7.96. The van der Waals surface area contributed by atoms with Crippen molar-refractivity contribution in [3.05, 3.63) is 64.7 Å². The van der Waals surface area contributed by atoms with E-state index in [2.05, 4.69) is 6.92 Å². The van der Waals surface area contributed by atoms with Crippen LogP contribution in [0, 0.1) is 5.92 Å². The number of hydrogen-bond donors (Lipinski definition) is 1. The van der Waals surface area contributed by atoms with Crippen LogP contribution in [0.5, 0.6) is 0 Å². The van der Waals surface area contributed by atoms with Gasteiger partial charge in [-0.2, -0.15) is 0 Å². The molecule has 0 saturated carbocycles. The number of nitrogens with two attached hydrogens (primary N) is 1. The van der Waals surface area contributed by atoms with Gasteiger partial charge in [-0.15, -0.1) is 24.2 Å². The van der Waals surface area contributed by atoms with Gasteiger partial charge in [0.25, 0.3) is 5.91 Å². The summed E-state index contributed by atoms with van der Waals surface area (Å²) >= 11 is 7.67. The Morgan fingerprint density at radius 2 is 1.74 bits per heavy atom. The Kier molecular flexibility index (Phi) is 8.49. The number of halogens is 2. The van der Waals surface area contributed by atoms with Crippen LogP contribution >= 0.6 is 35.8 Å². The molecule has 0 aliphatic carbocycles. The Balaban J connectivity index is 0.00000261. The fraction of sp³-hybridized carbons (Fsp3) is 0.381. The zero-order valence-electron chi connectivity index (χ0n) is 15.4. The molecule has 1 heterocycles. The van der Waals surface area contributed by atoms with Crippen molar-refractivity contribution in [2.75, 3.05) is 13.1 Å². The molecule has 1 aliphatic rings. The normalized spacial score (nSPS) is 15.9. The van der Waals surface area contributed by atoms with Gasteiger partial charge in [-0.1, -0.05) is 23.7 Å². The fourth-order valence-electron chi connectivity index (χ4n) is 3.25. The van der Waals surface area contributed by atoms with Gasteiger partial charge in [0.1, 0.15) is 0 Å². The van der Waals surface area contributed by atoms with Crippen molar-refractivity contribution < 1.29 is 4.79 Å². The molecule has 3 rings (SSSR count). The van der Waals surface area contributed by atoms with E-state index in [1.54, 1.807) is 11.8 Å². The molecule has 2 N–H and O–H groups in total. The Bertz CT molecular complexity index is 727. The number of rotatable bonds is 5. The summed E-state index contributed by atoms with van der Waals surface area (Å²) in [6.07, 6.45) is 2.00. The van der Waals surface area contributed by atoms with E-state index in [-0.39, 0.29) is 24.4 Å². The standard InChI is InChI=1S/C21H25ClN2OS.ClH/c1-15(23)17-10-12-24(13-11-17)21(25)18-4-2-16(3-5-18)14-26-20-8-6-19(22)7-9-20;/h2-9,15,17H,10-14,23H2,1H3;1H. The Hall–Kier alpha value is -1.20. The Morgan fingerprint density at radius 3 is 2.30 bits per heavy atom. The number of hydrogen-bond acceptors (Lipinski definition) is 3. The van der Waals surface area contributed by atoms with Gasteiger partial charge < -0.3 is 10.6 Å². The van der Waals surface area contributed by atoms with Crippen LogP contribution in [0.25, 0.3) is 0 Å². The Morgan fingerprint density at radius 1 is 1.15 bits per heavy atom. The van der Waals surface area contributed by atoms with Crippen molar-refractivity contribution in [3.63, 3.8) is 0 Å². The number of likely N-dealkylation sites (tertiary alicyclic amines) is 1. The topological polar surface area (TPSA) is 46.3 Å². The molecule has 2 aromatic rings. The SMILES string of the molecule is CC(N)C1CCN(C(=O)c2ccc(CSc3ccc(Cl)cc3)cc2)CC1.Cl. The highest BCUT2D eigenvalue weighted by Crippen LogP contribution is 2.25. The minimum atomic E-state index is 0. The molecule has 1 atom stereocenters. The van der Waals surface area contributed by atoms with Gasteiger partial charge >= 0.3 is 0 Å². The first-order chi connectivity index (χ1) is 12.5. The first-order valence-electron chi connectivity index (χ1n) is 9.05. The van der Waals surface area contributed by atoms with Crippen LogP contribution in [0.3, 0.4) is 0 Å². The van der Waals surface area contributed by atoms with Crippen LogP contribution in [0.15, 0.2) is 53.4 Å². The average molecular weight is 425 g/mol. The molecule has 1 amide bonds. The smallest absolute Gasteiger partial charge is 0.253 e. The zero-order valence-corrected chi connectivity index (χ0v) is 17.8. The maximum absolute atomic E-state index is 12.7. The summed E-state index contributed by atoms with van der Waals surface area (Å²) in [6, 6.07) is 16.0. The van der Waals surface area contributed by atoms with Gasteiger partial charge in [-0.05, 0) is 67.6 Å². The maximum atomic E-state index is 12.7. The van der Waals surface area contributed by atoms with Gasteiger partial charge in [-0.3, -0.25) is 4.79 Å². The van der Waals surface area contributed by atoms with Crippen molar-refractivity contribution in [1.82, 2.24) is 4.90 Å². The van der Waals surface area contributed by atoms with Gasteiger partial charge in [0.15, 0.2) is 0 Å². The molecule has 0 aromatic heterocycles. The van der Waals surface area contributed by atoms with Crippen molar-refractivity contribution >= 4 is 41.7 Å². The van der Waals surface area contributed by atoms with Crippen molar-refractivity contribution in [3.8, 4) is 0 Å². The lowest BCUT2D eigenvalue weighted by molar-refractivity contribution is 0.0681. The number of piperidine rings is 1. The Labute approximate surface area is 177 Å². The highest BCUT2D eigenvalue weighted by Gasteiger charge is 2.25. The fourth-order valence-corrected chi connectivity index (χ4v) is 4.23. The molecular weight excluding hydrogens is 399 g/mol. The lowest BCUT2D eigenvalue weighted by Crippen LogP contribution is -2.42. The van der Waals surface area contributed by atoms with Crippen LogP contribution in [0.2, 0.25) is 5.02 Å². The lowest BCUT2D eigenvalue weighted by Gasteiger charge is -2.33. The van der Waals surface area contributed by atoms with Crippen molar-refractivity contribution in [1.29, 1.82) is 0 Å². The van der Waals surface area contributed by atoms with Crippen LogP contribution in [-0.4, -0.2) is 29.9 Å². The molecule has 0 bridgehead atoms. The van der Waals surface area contributed by atoms with Crippen LogP contribution < -0.4 is 5.73 Å². The van der Waals surface area contributed by atoms with E-state index in [0.29, 0.717) is 5.92 Å². The van der Waals surface area contributed by atoms with E-state index >= 15 is 0 Å². The highest BCUT2D eigenvalue weighted by atomic mass is 35.5. The summed E-state index contributed by atoms with van der Waals surface area (Å²) in [5, 5.41) is 0.752. The van der Waals surface area contributed by atoms with Crippen LogP contribution in [0.4, 0.5) is 0 Å². The second-order valence-corrected chi connectivity index (χ2v) is 8.41. The molecule has 27 heavy (non-hydrogen) atoms. The zero-order chi connectivity index (χ0) is 18.5. The summed E-state index contributed by atoms with van der Waals surface area (Å²) in [5.74, 6) is 1.53. The molecular formula is C21H26Cl2N2OS. The molecule has 3 nitrogen and oxygen atoms in total. The number of benzene rings is 2. The van der Waals surface area contributed by atoms with E-state index in [4.69, 9.17) is 17.3 Å². The van der Waals surface area contributed by atoms with Crippen molar-refractivity contribution in [2.24, 2.45) is 11.7 Å². The third-order valence-corrected chi connectivity index (χ3v) is 6.33. The van der Waals surface area contributed by atoms with Gasteiger partial charge in [0.2, 0.25) is 0 Å². The minimum absolute atomic E-state index is 0. The largest absolute Gasteiger partial charge is 0.339 e. The molecule has 1 saturated heterocycles. The first-order valence-corrected chi connectivity index (χ1v) is 10.4. The molecule has 0 radical (unpaired) electrons. The van der Waals surface area contributed by atoms with E-state index in [0.717, 1.165) is 42.3 Å². The second-order valence-electron chi connectivity index (χ2n) is 6.93. The van der Waals surface area contributed by atoms with Crippen LogP contribution in [0.1, 0.15) is 35.7 Å². The van der Waals surface area contributed by atoms with Gasteiger partial charge in [0.05, 0.1) is 0 Å². The monoisotopic (exact) mass is 424 g/mol. The molecule has 1 aliphatic heterocycles. The van der Waals surface area contributed by atoms with E-state index in [1.165, 1.54) is 10.5 Å². The molecule has 1 unspecified atom stereocenters. The van der Waals surface area contributed by atoms with E-state index < -0.39 is 0 Å². The maximum Gasteiger partial charge on any atom is 0.253 e. The quantitative estimate of drug-likeness (QED) is 0.666. The summed E-state index contributed by atoms with van der Waals surface area (Å²) in [6.45, 7) is 3.67. The number of carbonyl (C=O) groups is 1. The van der Waals surface area contributed by atoms with E-state index in [9.17, 15) is 4.79 Å². The molecule has 146 valence electrons. The minimum Gasteiger partial charge on any atom is -0.339 e. The predicted molar refractivity (Wildman–Crippen MR) is 117 cm³/mol. The second kappa shape index (κ2) is 10.4. The summed E-state index contributed by atoms with van der Waals surface area (Å²) < 4.78 is 0. The van der Waals surface area contributed by atoms with Gasteiger partial charge in [0, 0.05) is 40.4 Å². The number of amides is 1. The first kappa shape index (κ1) is 22.1. The predicted octanol–water partition coefficient (Wildman–Crippen LogP) is 5.25. The highest BCUT2D eigenvalue weighted by molar-refractivity contribution is 7.98. The van der Waals surface area contributed by atoms with Crippen molar-refractivity contribution in [2.45, 2.75) is 36.5 Å². The summed E-state index contributed by atoms with van der Waals surface area (Å²) in [7, 11) is 0.